The Morgan fingerprint density at radius 2 is 1.47 bits per heavy atom. The highest BCUT2D eigenvalue weighted by Crippen LogP contribution is 2.28. The van der Waals surface area contributed by atoms with Gasteiger partial charge in [-0.3, -0.25) is 9.10 Å². The summed E-state index contributed by atoms with van der Waals surface area (Å²) in [5.74, 6) is -0.362. The first-order valence-corrected chi connectivity index (χ1v) is 11.2. The minimum Gasteiger partial charge on any atom is -0.350 e. The Labute approximate surface area is 178 Å². The summed E-state index contributed by atoms with van der Waals surface area (Å²) in [6.45, 7) is 5.81. The molecule has 0 saturated heterocycles. The lowest BCUT2D eigenvalue weighted by molar-refractivity contribution is -0.119. The first kappa shape index (κ1) is 21.6. The number of nitrogens with one attached hydrogen (secondary N) is 1. The normalized spacial score (nSPS) is 11.2. The van der Waals surface area contributed by atoms with Gasteiger partial charge >= 0.3 is 0 Å². The smallest absolute Gasteiger partial charge is 0.264 e. The van der Waals surface area contributed by atoms with Crippen molar-refractivity contribution in [1.82, 2.24) is 5.32 Å². The molecule has 6 heteroatoms. The van der Waals surface area contributed by atoms with Gasteiger partial charge in [-0.05, 0) is 61.2 Å². The second-order valence-corrected chi connectivity index (χ2v) is 9.11. The first-order chi connectivity index (χ1) is 14.3. The van der Waals surface area contributed by atoms with Crippen molar-refractivity contribution in [3.8, 4) is 0 Å². The molecule has 0 aliphatic rings. The Morgan fingerprint density at radius 3 is 2.17 bits per heavy atom. The summed E-state index contributed by atoms with van der Waals surface area (Å²) >= 11 is 0. The largest absolute Gasteiger partial charge is 0.350 e. The van der Waals surface area contributed by atoms with E-state index in [2.05, 4.69) is 5.32 Å². The number of benzene rings is 3. The number of hydrogen-bond acceptors (Lipinski definition) is 3. The van der Waals surface area contributed by atoms with Crippen LogP contribution in [0.15, 0.2) is 77.7 Å². The minimum atomic E-state index is -3.91. The third-order valence-electron chi connectivity index (χ3n) is 5.20. The van der Waals surface area contributed by atoms with Crippen LogP contribution >= 0.6 is 0 Å². The molecule has 3 rings (SSSR count). The van der Waals surface area contributed by atoms with Crippen molar-refractivity contribution in [2.75, 3.05) is 10.8 Å². The van der Waals surface area contributed by atoms with Crippen molar-refractivity contribution in [3.63, 3.8) is 0 Å². The molecule has 1 amide bonds. The number of sulfonamides is 1. The summed E-state index contributed by atoms with van der Waals surface area (Å²) in [6.07, 6.45) is 0. The maximum absolute atomic E-state index is 13.4. The molecule has 0 saturated carbocycles. The fourth-order valence-corrected chi connectivity index (χ4v) is 4.71. The monoisotopic (exact) mass is 422 g/mol. The maximum atomic E-state index is 13.4. The van der Waals surface area contributed by atoms with Gasteiger partial charge in [0.2, 0.25) is 5.91 Å². The van der Waals surface area contributed by atoms with Gasteiger partial charge < -0.3 is 5.32 Å². The zero-order chi connectivity index (χ0) is 21.7. The standard InChI is InChI=1S/C24H26N2O3S/c1-18-11-9-15-23(20(18)3)26(30(28,29)22-13-5-4-6-14-22)17-24(27)25-16-21-12-8-7-10-19(21)2/h4-15H,16-17H2,1-3H3,(H,25,27). The highest BCUT2D eigenvalue weighted by atomic mass is 32.2. The van der Waals surface area contributed by atoms with Crippen molar-refractivity contribution in [2.45, 2.75) is 32.2 Å². The van der Waals surface area contributed by atoms with Crippen molar-refractivity contribution >= 4 is 21.6 Å². The molecule has 0 aliphatic carbocycles. The van der Waals surface area contributed by atoms with Crippen molar-refractivity contribution in [1.29, 1.82) is 0 Å². The molecule has 0 radical (unpaired) electrons. The summed E-state index contributed by atoms with van der Waals surface area (Å²) in [7, 11) is -3.91. The number of aryl methyl sites for hydroxylation is 2. The molecule has 1 N–H and O–H groups in total. The van der Waals surface area contributed by atoms with Gasteiger partial charge in [0.25, 0.3) is 10.0 Å². The van der Waals surface area contributed by atoms with E-state index in [1.807, 2.05) is 51.1 Å². The summed E-state index contributed by atoms with van der Waals surface area (Å²) in [5, 5.41) is 2.85. The molecule has 0 atom stereocenters. The van der Waals surface area contributed by atoms with Crippen LogP contribution in [0.5, 0.6) is 0 Å². The van der Waals surface area contributed by atoms with Gasteiger partial charge in [0, 0.05) is 6.54 Å². The number of amides is 1. The summed E-state index contributed by atoms with van der Waals surface area (Å²) in [5.41, 5.74) is 4.35. The summed E-state index contributed by atoms with van der Waals surface area (Å²) in [4.78, 5) is 12.9. The van der Waals surface area contributed by atoms with Crippen LogP contribution in [0.3, 0.4) is 0 Å². The fraction of sp³-hybridized carbons (Fsp3) is 0.208. The number of carbonyl (C=O) groups excluding carboxylic acids is 1. The molecular formula is C24H26N2O3S. The average molecular weight is 423 g/mol. The van der Waals surface area contributed by atoms with Crippen LogP contribution in [0.25, 0.3) is 0 Å². The Kier molecular flexibility index (Phi) is 6.57. The highest BCUT2D eigenvalue weighted by molar-refractivity contribution is 7.92. The lowest BCUT2D eigenvalue weighted by Crippen LogP contribution is -2.41. The van der Waals surface area contributed by atoms with E-state index in [1.165, 1.54) is 4.31 Å². The van der Waals surface area contributed by atoms with Gasteiger partial charge in [-0.15, -0.1) is 0 Å². The molecule has 156 valence electrons. The number of nitrogens with zero attached hydrogens (tertiary/aromatic N) is 1. The van der Waals surface area contributed by atoms with Crippen LogP contribution < -0.4 is 9.62 Å². The van der Waals surface area contributed by atoms with Crippen molar-refractivity contribution in [2.24, 2.45) is 0 Å². The van der Waals surface area contributed by atoms with Crippen molar-refractivity contribution in [3.05, 3.63) is 95.1 Å². The Morgan fingerprint density at radius 1 is 0.833 bits per heavy atom. The van der Waals surface area contributed by atoms with E-state index < -0.39 is 10.0 Å². The zero-order valence-corrected chi connectivity index (χ0v) is 18.2. The molecule has 0 heterocycles. The van der Waals surface area contributed by atoms with E-state index in [0.29, 0.717) is 12.2 Å². The van der Waals surface area contributed by atoms with Crippen LogP contribution in [0.4, 0.5) is 5.69 Å². The summed E-state index contributed by atoms with van der Waals surface area (Å²) < 4.78 is 28.0. The molecule has 0 fully saturated rings. The quantitative estimate of drug-likeness (QED) is 0.623. The Balaban J connectivity index is 1.91. The van der Waals surface area contributed by atoms with Gasteiger partial charge in [0.15, 0.2) is 0 Å². The average Bonchev–Trinajstić information content (AvgIpc) is 2.74. The Bertz CT molecular complexity index is 1140. The van der Waals surface area contributed by atoms with E-state index in [1.54, 1.807) is 42.5 Å². The third-order valence-corrected chi connectivity index (χ3v) is 6.97. The fourth-order valence-electron chi connectivity index (χ4n) is 3.21. The second-order valence-electron chi connectivity index (χ2n) is 7.25. The topological polar surface area (TPSA) is 66.5 Å². The molecule has 0 bridgehead atoms. The van der Waals surface area contributed by atoms with E-state index in [-0.39, 0.29) is 17.3 Å². The van der Waals surface area contributed by atoms with Crippen LogP contribution in [0.1, 0.15) is 22.3 Å². The number of rotatable bonds is 7. The van der Waals surface area contributed by atoms with Crippen LogP contribution in [-0.4, -0.2) is 20.9 Å². The minimum absolute atomic E-state index is 0.151. The predicted molar refractivity (Wildman–Crippen MR) is 120 cm³/mol. The van der Waals surface area contributed by atoms with Crippen molar-refractivity contribution < 1.29 is 13.2 Å². The van der Waals surface area contributed by atoms with E-state index in [4.69, 9.17) is 0 Å². The van der Waals surface area contributed by atoms with Gasteiger partial charge in [-0.2, -0.15) is 0 Å². The lowest BCUT2D eigenvalue weighted by atomic mass is 10.1. The van der Waals surface area contributed by atoms with Gasteiger partial charge in [-0.1, -0.05) is 54.6 Å². The molecule has 5 nitrogen and oxygen atoms in total. The molecular weight excluding hydrogens is 396 g/mol. The van der Waals surface area contributed by atoms with Gasteiger partial charge in [-0.25, -0.2) is 8.42 Å². The second kappa shape index (κ2) is 9.13. The maximum Gasteiger partial charge on any atom is 0.264 e. The van der Waals surface area contributed by atoms with Gasteiger partial charge in [0.1, 0.15) is 6.54 Å². The van der Waals surface area contributed by atoms with E-state index >= 15 is 0 Å². The predicted octanol–water partition coefficient (Wildman–Crippen LogP) is 4.12. The molecule has 3 aromatic rings. The van der Waals surface area contributed by atoms with Crippen LogP contribution in [0.2, 0.25) is 0 Å². The number of hydrogen-bond donors (Lipinski definition) is 1. The zero-order valence-electron chi connectivity index (χ0n) is 17.4. The van der Waals surface area contributed by atoms with E-state index in [9.17, 15) is 13.2 Å². The molecule has 0 spiro atoms. The first-order valence-electron chi connectivity index (χ1n) is 9.76. The molecule has 0 aromatic heterocycles. The molecule has 3 aromatic carbocycles. The highest BCUT2D eigenvalue weighted by Gasteiger charge is 2.28. The molecule has 0 aliphatic heterocycles. The van der Waals surface area contributed by atoms with Crippen LogP contribution in [0, 0.1) is 20.8 Å². The number of carbonyl (C=O) groups is 1. The molecule has 30 heavy (non-hydrogen) atoms. The number of anilines is 1. The SMILES string of the molecule is Cc1ccccc1CNC(=O)CN(c1cccc(C)c1C)S(=O)(=O)c1ccccc1. The lowest BCUT2D eigenvalue weighted by Gasteiger charge is -2.26. The van der Waals surface area contributed by atoms with E-state index in [0.717, 1.165) is 22.3 Å². The van der Waals surface area contributed by atoms with Crippen LogP contribution in [-0.2, 0) is 21.4 Å². The Hall–Kier alpha value is -3.12. The summed E-state index contributed by atoms with van der Waals surface area (Å²) in [6, 6.07) is 21.4. The third kappa shape index (κ3) is 4.71. The van der Waals surface area contributed by atoms with Gasteiger partial charge in [0.05, 0.1) is 10.6 Å². The molecule has 0 unspecified atom stereocenters.